The Morgan fingerprint density at radius 1 is 1.62 bits per heavy atom. The molecule has 1 unspecified atom stereocenters. The molecule has 1 heterocycles. The number of carbonyl (C=O) groups excluding carboxylic acids is 1. The van der Waals surface area contributed by atoms with Crippen molar-refractivity contribution in [2.24, 2.45) is 0 Å². The zero-order valence-electron chi connectivity index (χ0n) is 8.96. The van der Waals surface area contributed by atoms with Gasteiger partial charge in [-0.15, -0.1) is 0 Å². The lowest BCUT2D eigenvalue weighted by atomic mass is 10.2. The Morgan fingerprint density at radius 3 is 2.94 bits per heavy atom. The van der Waals surface area contributed by atoms with Gasteiger partial charge in [0.25, 0.3) is 5.91 Å². The monoisotopic (exact) mass is 230 g/mol. The molecule has 16 heavy (non-hydrogen) atoms. The Bertz CT molecular complexity index is 385. The van der Waals surface area contributed by atoms with E-state index in [-0.39, 0.29) is 11.6 Å². The number of nitrogens with one attached hydrogen (secondary N) is 1. The molecule has 0 aliphatic carbocycles. The van der Waals surface area contributed by atoms with Crippen LogP contribution in [0.1, 0.15) is 17.3 Å². The number of ether oxygens (including phenoxy) is 1. The third-order valence-electron chi connectivity index (χ3n) is 1.89. The maximum Gasteiger partial charge on any atom is 0.254 e. The van der Waals surface area contributed by atoms with Gasteiger partial charge in [-0.2, -0.15) is 4.39 Å². The highest BCUT2D eigenvalue weighted by Gasteiger charge is 2.17. The van der Waals surface area contributed by atoms with Crippen molar-refractivity contribution in [2.45, 2.75) is 13.0 Å². The summed E-state index contributed by atoms with van der Waals surface area (Å²) in [5, 5.41) is 2.47. The van der Waals surface area contributed by atoms with Gasteiger partial charge in [-0.25, -0.2) is 9.37 Å². The van der Waals surface area contributed by atoms with Crippen LogP contribution in [0, 0.1) is 11.8 Å². The molecule has 4 nitrogen and oxygen atoms in total. The Balaban J connectivity index is 2.77. The highest BCUT2D eigenvalue weighted by Crippen LogP contribution is 2.08. The summed E-state index contributed by atoms with van der Waals surface area (Å²) in [4.78, 5) is 14.6. The Morgan fingerprint density at radius 2 is 2.31 bits per heavy atom. The van der Waals surface area contributed by atoms with Gasteiger partial charge in [0, 0.05) is 19.3 Å². The molecule has 0 spiro atoms. The van der Waals surface area contributed by atoms with E-state index < -0.39 is 17.7 Å². The first-order valence-corrected chi connectivity index (χ1v) is 4.66. The lowest BCUT2D eigenvalue weighted by Gasteiger charge is -2.12. The van der Waals surface area contributed by atoms with Crippen LogP contribution in [0.5, 0.6) is 0 Å². The van der Waals surface area contributed by atoms with Crippen molar-refractivity contribution in [3.63, 3.8) is 0 Å². The average molecular weight is 230 g/mol. The fourth-order valence-electron chi connectivity index (χ4n) is 1.19. The minimum Gasteiger partial charge on any atom is -0.383 e. The molecule has 0 aromatic carbocycles. The number of halogens is 2. The van der Waals surface area contributed by atoms with Gasteiger partial charge in [0.1, 0.15) is 0 Å². The maximum absolute atomic E-state index is 13.2. The lowest BCUT2D eigenvalue weighted by molar-refractivity contribution is 0.0900. The van der Waals surface area contributed by atoms with Gasteiger partial charge in [-0.3, -0.25) is 4.79 Å². The van der Waals surface area contributed by atoms with Crippen LogP contribution in [-0.4, -0.2) is 30.6 Å². The second-order valence-electron chi connectivity index (χ2n) is 3.29. The summed E-state index contributed by atoms with van der Waals surface area (Å²) in [6.45, 7) is 1.98. The molecule has 1 rings (SSSR count). The third kappa shape index (κ3) is 2.96. The molecule has 88 valence electrons. The molecule has 1 amide bonds. The maximum atomic E-state index is 13.2. The van der Waals surface area contributed by atoms with Crippen LogP contribution in [0.2, 0.25) is 0 Å². The molecule has 0 bridgehead atoms. The zero-order chi connectivity index (χ0) is 12.1. The molecule has 0 aliphatic heterocycles. The first-order valence-electron chi connectivity index (χ1n) is 4.66. The van der Waals surface area contributed by atoms with Crippen LogP contribution in [0.3, 0.4) is 0 Å². The van der Waals surface area contributed by atoms with E-state index >= 15 is 0 Å². The summed E-state index contributed by atoms with van der Waals surface area (Å²) < 4.78 is 30.7. The van der Waals surface area contributed by atoms with E-state index in [9.17, 15) is 13.6 Å². The summed E-state index contributed by atoms with van der Waals surface area (Å²) in [5.41, 5.74) is -0.365. The average Bonchev–Trinajstić information content (AvgIpc) is 2.22. The SMILES string of the molecule is COCC(C)NC(=O)c1ccnc(F)c1F. The predicted octanol–water partition coefficient (Wildman–Crippen LogP) is 1.12. The van der Waals surface area contributed by atoms with E-state index in [0.29, 0.717) is 6.61 Å². The second kappa shape index (κ2) is 5.50. The Hall–Kier alpha value is -1.56. The van der Waals surface area contributed by atoms with Crippen LogP contribution >= 0.6 is 0 Å². The number of pyridine rings is 1. The molecule has 1 atom stereocenters. The van der Waals surface area contributed by atoms with Crippen LogP contribution in [-0.2, 0) is 4.74 Å². The van der Waals surface area contributed by atoms with Crippen molar-refractivity contribution in [1.29, 1.82) is 0 Å². The van der Waals surface area contributed by atoms with E-state index in [2.05, 4.69) is 10.3 Å². The number of rotatable bonds is 4. The molecule has 1 aromatic rings. The first kappa shape index (κ1) is 12.5. The standard InChI is InChI=1S/C10H12F2N2O2/c1-6(5-16-2)14-10(15)7-3-4-13-9(12)8(7)11/h3-4,6H,5H2,1-2H3,(H,14,15). The summed E-state index contributed by atoms with van der Waals surface area (Å²) in [7, 11) is 1.48. The number of aromatic nitrogens is 1. The highest BCUT2D eigenvalue weighted by atomic mass is 19.2. The van der Waals surface area contributed by atoms with Crippen molar-refractivity contribution in [1.82, 2.24) is 10.3 Å². The predicted molar refractivity (Wildman–Crippen MR) is 53.0 cm³/mol. The topological polar surface area (TPSA) is 51.2 Å². The van der Waals surface area contributed by atoms with Gasteiger partial charge < -0.3 is 10.1 Å². The van der Waals surface area contributed by atoms with Crippen LogP contribution in [0.15, 0.2) is 12.3 Å². The number of amides is 1. The molecule has 1 N–H and O–H groups in total. The molecular weight excluding hydrogens is 218 g/mol. The van der Waals surface area contributed by atoms with E-state index in [4.69, 9.17) is 4.74 Å². The fraction of sp³-hybridized carbons (Fsp3) is 0.400. The van der Waals surface area contributed by atoms with Crippen molar-refractivity contribution in [3.05, 3.63) is 29.6 Å². The first-order chi connectivity index (χ1) is 7.56. The van der Waals surface area contributed by atoms with Crippen molar-refractivity contribution >= 4 is 5.91 Å². The fourth-order valence-corrected chi connectivity index (χ4v) is 1.19. The molecule has 0 saturated heterocycles. The lowest BCUT2D eigenvalue weighted by Crippen LogP contribution is -2.36. The van der Waals surface area contributed by atoms with E-state index in [0.717, 1.165) is 12.3 Å². The number of hydrogen-bond donors (Lipinski definition) is 1. The molecular formula is C10H12F2N2O2. The van der Waals surface area contributed by atoms with Crippen LogP contribution < -0.4 is 5.32 Å². The molecule has 0 aliphatic rings. The molecule has 1 aromatic heterocycles. The minimum atomic E-state index is -1.29. The van der Waals surface area contributed by atoms with Crippen molar-refractivity contribution in [3.8, 4) is 0 Å². The number of nitrogens with zero attached hydrogens (tertiary/aromatic N) is 1. The van der Waals surface area contributed by atoms with E-state index in [1.807, 2.05) is 0 Å². The van der Waals surface area contributed by atoms with Gasteiger partial charge in [0.15, 0.2) is 5.82 Å². The number of carbonyl (C=O) groups is 1. The van der Waals surface area contributed by atoms with Crippen LogP contribution in [0.25, 0.3) is 0 Å². The van der Waals surface area contributed by atoms with Gasteiger partial charge in [0.05, 0.1) is 12.2 Å². The van der Waals surface area contributed by atoms with Crippen molar-refractivity contribution < 1.29 is 18.3 Å². The van der Waals surface area contributed by atoms with Gasteiger partial charge >= 0.3 is 0 Å². The highest BCUT2D eigenvalue weighted by molar-refractivity contribution is 5.94. The van der Waals surface area contributed by atoms with Gasteiger partial charge in [-0.05, 0) is 13.0 Å². The van der Waals surface area contributed by atoms with Gasteiger partial charge in [0.2, 0.25) is 5.95 Å². The summed E-state index contributed by atoms with van der Waals surface area (Å²) in [5.74, 6) is -3.22. The molecule has 6 heteroatoms. The molecule has 0 radical (unpaired) electrons. The summed E-state index contributed by atoms with van der Waals surface area (Å²) in [6.07, 6.45) is 1.04. The minimum absolute atomic E-state index is 0.284. The normalized spacial score (nSPS) is 12.2. The summed E-state index contributed by atoms with van der Waals surface area (Å²) >= 11 is 0. The Labute approximate surface area is 91.6 Å². The second-order valence-corrected chi connectivity index (χ2v) is 3.29. The van der Waals surface area contributed by atoms with E-state index in [1.165, 1.54) is 7.11 Å². The number of hydrogen-bond acceptors (Lipinski definition) is 3. The quantitative estimate of drug-likeness (QED) is 0.789. The molecule has 0 fully saturated rings. The smallest absolute Gasteiger partial charge is 0.254 e. The zero-order valence-corrected chi connectivity index (χ0v) is 8.96. The summed E-state index contributed by atoms with van der Waals surface area (Å²) in [6, 6.07) is 0.834. The van der Waals surface area contributed by atoms with Crippen LogP contribution in [0.4, 0.5) is 8.78 Å². The number of methoxy groups -OCH3 is 1. The van der Waals surface area contributed by atoms with Gasteiger partial charge in [-0.1, -0.05) is 0 Å². The Kier molecular flexibility index (Phi) is 4.30. The van der Waals surface area contributed by atoms with E-state index in [1.54, 1.807) is 6.92 Å². The third-order valence-corrected chi connectivity index (χ3v) is 1.89. The largest absolute Gasteiger partial charge is 0.383 e. The van der Waals surface area contributed by atoms with Crippen molar-refractivity contribution in [2.75, 3.05) is 13.7 Å². The molecule has 0 saturated carbocycles.